The van der Waals surface area contributed by atoms with Gasteiger partial charge in [0.15, 0.2) is 0 Å². The van der Waals surface area contributed by atoms with Gasteiger partial charge in [-0.15, -0.1) is 0 Å². The maximum absolute atomic E-state index is 10.9. The highest BCUT2D eigenvalue weighted by Gasteiger charge is 2.24. The van der Waals surface area contributed by atoms with Gasteiger partial charge in [0.05, 0.1) is 12.2 Å². The average Bonchev–Trinajstić information content (AvgIpc) is 3.39. The van der Waals surface area contributed by atoms with Crippen molar-refractivity contribution in [2.45, 2.75) is 25.4 Å². The number of carbonyl (C=O) groups is 1. The molecule has 5 rings (SSSR count). The second kappa shape index (κ2) is 13.0. The largest absolute Gasteiger partial charge is 0.480 e. The van der Waals surface area contributed by atoms with Crippen LogP contribution in [0, 0.1) is 0 Å². The minimum Gasteiger partial charge on any atom is -0.480 e. The number of piperazine rings is 1. The van der Waals surface area contributed by atoms with Crippen LogP contribution in [0.2, 0.25) is 0 Å². The van der Waals surface area contributed by atoms with Crippen molar-refractivity contribution < 1.29 is 9.90 Å². The van der Waals surface area contributed by atoms with Gasteiger partial charge in [-0.1, -0.05) is 12.1 Å². The Balaban J connectivity index is 0.00000336. The van der Waals surface area contributed by atoms with Crippen LogP contribution in [0.15, 0.2) is 54.9 Å². The Hall–Kier alpha value is -3.25. The van der Waals surface area contributed by atoms with E-state index in [9.17, 15) is 4.79 Å². The molecule has 38 heavy (non-hydrogen) atoms. The summed E-state index contributed by atoms with van der Waals surface area (Å²) in [6.07, 6.45) is 5.89. The molecule has 2 saturated heterocycles. The van der Waals surface area contributed by atoms with Gasteiger partial charge in [-0.3, -0.25) is 14.6 Å². The predicted octanol–water partition coefficient (Wildman–Crippen LogP) is 2.52. The number of rotatable bonds is 9. The highest BCUT2D eigenvalue weighted by Crippen LogP contribution is 2.26. The summed E-state index contributed by atoms with van der Waals surface area (Å²) in [5.74, 6) is 0.725. The van der Waals surface area contributed by atoms with Gasteiger partial charge in [-0.25, -0.2) is 15.0 Å². The van der Waals surface area contributed by atoms with Crippen LogP contribution in [0.3, 0.4) is 0 Å². The van der Waals surface area contributed by atoms with Gasteiger partial charge in [0.1, 0.15) is 5.82 Å². The summed E-state index contributed by atoms with van der Waals surface area (Å²) < 4.78 is 0. The number of anilines is 3. The molecule has 0 bridgehead atoms. The highest BCUT2D eigenvalue weighted by atomic mass is 32.1. The number of pyridine rings is 1. The molecular formula is C27H36N8O2S. The second-order valence-electron chi connectivity index (χ2n) is 9.67. The van der Waals surface area contributed by atoms with Gasteiger partial charge in [0, 0.05) is 75.5 Å². The lowest BCUT2D eigenvalue weighted by Gasteiger charge is -2.33. The number of carboxylic acid groups (broad SMARTS) is 1. The Morgan fingerprint density at radius 2 is 1.87 bits per heavy atom. The number of carboxylic acids is 1. The van der Waals surface area contributed by atoms with Crippen LogP contribution in [-0.2, 0) is 11.3 Å². The molecule has 202 valence electrons. The Kier molecular flexibility index (Phi) is 9.51. The van der Waals surface area contributed by atoms with Crippen molar-refractivity contribution in [1.82, 2.24) is 24.8 Å². The number of nitrogens with two attached hydrogens (primary N) is 1. The molecular weight excluding hydrogens is 500 g/mol. The number of benzene rings is 1. The van der Waals surface area contributed by atoms with Crippen molar-refractivity contribution in [3.8, 4) is 11.3 Å². The first kappa shape index (κ1) is 27.8. The zero-order valence-corrected chi connectivity index (χ0v) is 22.5. The van der Waals surface area contributed by atoms with Crippen molar-refractivity contribution >= 4 is 36.9 Å². The van der Waals surface area contributed by atoms with Crippen LogP contribution >= 0.6 is 13.5 Å². The number of hydrogen-bond donors (Lipinski definition) is 3. The van der Waals surface area contributed by atoms with Crippen LogP contribution < -0.4 is 16.0 Å². The second-order valence-corrected chi connectivity index (χ2v) is 9.67. The fourth-order valence-electron chi connectivity index (χ4n) is 5.10. The maximum atomic E-state index is 10.9. The Labute approximate surface area is 230 Å². The lowest BCUT2D eigenvalue weighted by Crippen LogP contribution is -2.47. The van der Waals surface area contributed by atoms with Gasteiger partial charge < -0.3 is 21.1 Å². The molecule has 4 heterocycles. The van der Waals surface area contributed by atoms with E-state index in [1.165, 1.54) is 5.56 Å². The number of nitrogens with zero attached hydrogens (tertiary/aromatic N) is 6. The Bertz CT molecular complexity index is 1200. The van der Waals surface area contributed by atoms with Crippen molar-refractivity contribution in [1.29, 1.82) is 0 Å². The topological polar surface area (TPSA) is 124 Å². The van der Waals surface area contributed by atoms with E-state index in [2.05, 4.69) is 43.3 Å². The molecule has 0 saturated carbocycles. The molecule has 1 unspecified atom stereocenters. The molecule has 1 atom stereocenters. The molecule has 0 amide bonds. The quantitative estimate of drug-likeness (QED) is 0.376. The molecule has 2 fully saturated rings. The van der Waals surface area contributed by atoms with E-state index in [1.807, 2.05) is 35.4 Å². The van der Waals surface area contributed by atoms with E-state index in [0.29, 0.717) is 18.5 Å². The molecule has 10 nitrogen and oxygen atoms in total. The lowest BCUT2D eigenvalue weighted by molar-refractivity contribution is -0.138. The standard InChI is InChI=1S/C27H34N8O2.H2S/c28-16-23-5-2-10-35(23)25-7-6-21(17-30-25)24-8-9-29-27(32-24)31-22-4-1-3-20(15-22)18-33-11-13-34(14-12-33)19-26(36)37;/h1,3-4,6-9,15,17,23H,2,5,10-14,16,18-19,28H2,(H,36,37)(H,29,31,32);1H2. The summed E-state index contributed by atoms with van der Waals surface area (Å²) >= 11 is 0. The smallest absolute Gasteiger partial charge is 0.317 e. The molecule has 2 aliphatic rings. The van der Waals surface area contributed by atoms with E-state index >= 15 is 0 Å². The monoisotopic (exact) mass is 536 g/mol. The van der Waals surface area contributed by atoms with E-state index in [0.717, 1.165) is 74.9 Å². The van der Waals surface area contributed by atoms with Crippen molar-refractivity contribution in [2.24, 2.45) is 5.73 Å². The summed E-state index contributed by atoms with van der Waals surface area (Å²) in [5, 5.41) is 12.3. The summed E-state index contributed by atoms with van der Waals surface area (Å²) in [6.45, 7) is 5.82. The number of aliphatic carboxylic acids is 1. The van der Waals surface area contributed by atoms with Gasteiger partial charge >= 0.3 is 5.97 Å². The van der Waals surface area contributed by atoms with Crippen molar-refractivity contribution in [2.75, 3.05) is 56.0 Å². The fourth-order valence-corrected chi connectivity index (χ4v) is 5.10. The van der Waals surface area contributed by atoms with Crippen LogP contribution in [0.25, 0.3) is 11.3 Å². The maximum Gasteiger partial charge on any atom is 0.317 e. The van der Waals surface area contributed by atoms with Crippen molar-refractivity contribution in [3.05, 3.63) is 60.4 Å². The Morgan fingerprint density at radius 1 is 1.05 bits per heavy atom. The van der Waals surface area contributed by atoms with E-state index in [4.69, 9.17) is 15.8 Å². The zero-order valence-electron chi connectivity index (χ0n) is 21.5. The Morgan fingerprint density at radius 3 is 2.61 bits per heavy atom. The van der Waals surface area contributed by atoms with E-state index in [-0.39, 0.29) is 20.0 Å². The minimum atomic E-state index is -0.769. The van der Waals surface area contributed by atoms with E-state index in [1.54, 1.807) is 6.20 Å². The first-order valence-electron chi connectivity index (χ1n) is 12.9. The number of hydrogen-bond acceptors (Lipinski definition) is 9. The molecule has 2 aromatic heterocycles. The molecule has 11 heteroatoms. The number of aromatic nitrogens is 3. The minimum absolute atomic E-state index is 0. The van der Waals surface area contributed by atoms with Crippen LogP contribution in [0.1, 0.15) is 18.4 Å². The highest BCUT2D eigenvalue weighted by molar-refractivity contribution is 7.59. The lowest BCUT2D eigenvalue weighted by atomic mass is 10.1. The molecule has 3 aromatic rings. The summed E-state index contributed by atoms with van der Waals surface area (Å²) in [5.41, 5.74) is 9.78. The predicted molar refractivity (Wildman–Crippen MR) is 154 cm³/mol. The summed E-state index contributed by atoms with van der Waals surface area (Å²) in [6, 6.07) is 14.6. The van der Waals surface area contributed by atoms with Gasteiger partial charge in [-0.2, -0.15) is 13.5 Å². The SMILES string of the molecule is NCC1CCCN1c1ccc(-c2ccnc(Nc3cccc(CN4CCN(CC(=O)O)CC4)c3)n2)cn1.S. The first-order chi connectivity index (χ1) is 18.1. The fraction of sp³-hybridized carbons (Fsp3) is 0.407. The molecule has 0 spiro atoms. The van der Waals surface area contributed by atoms with Gasteiger partial charge in [0.25, 0.3) is 0 Å². The molecule has 0 radical (unpaired) electrons. The molecule has 2 aliphatic heterocycles. The third-order valence-electron chi connectivity index (χ3n) is 7.06. The number of nitrogens with one attached hydrogen (secondary N) is 1. The van der Waals surface area contributed by atoms with Crippen LogP contribution in [0.5, 0.6) is 0 Å². The summed E-state index contributed by atoms with van der Waals surface area (Å²) in [4.78, 5) is 31.4. The van der Waals surface area contributed by atoms with Crippen LogP contribution in [0.4, 0.5) is 17.5 Å². The average molecular weight is 537 g/mol. The van der Waals surface area contributed by atoms with Crippen LogP contribution in [-0.4, -0.2) is 87.7 Å². The third-order valence-corrected chi connectivity index (χ3v) is 7.06. The zero-order chi connectivity index (χ0) is 25.6. The summed E-state index contributed by atoms with van der Waals surface area (Å²) in [7, 11) is 0. The molecule has 1 aromatic carbocycles. The third kappa shape index (κ3) is 6.98. The molecule has 0 aliphatic carbocycles. The van der Waals surface area contributed by atoms with Crippen molar-refractivity contribution in [3.63, 3.8) is 0 Å². The first-order valence-corrected chi connectivity index (χ1v) is 12.9. The van der Waals surface area contributed by atoms with Gasteiger partial charge in [0.2, 0.25) is 5.95 Å². The van der Waals surface area contributed by atoms with E-state index < -0.39 is 5.97 Å². The normalized spacial score (nSPS) is 18.2. The van der Waals surface area contributed by atoms with Gasteiger partial charge in [-0.05, 0) is 48.7 Å². The molecule has 4 N–H and O–H groups in total.